The molecule has 2 aromatic carbocycles. The van der Waals surface area contributed by atoms with Crippen molar-refractivity contribution in [3.05, 3.63) is 112 Å². The molecule has 2 aliphatic rings. The molecule has 1 aliphatic carbocycles. The lowest BCUT2D eigenvalue weighted by Crippen LogP contribution is -2.23. The summed E-state index contributed by atoms with van der Waals surface area (Å²) >= 11 is 12.8. The molecule has 0 unspecified atom stereocenters. The maximum absolute atomic E-state index is 13.0. The van der Waals surface area contributed by atoms with E-state index in [4.69, 9.17) is 32.7 Å². The smallest absolute Gasteiger partial charge is 0.262 e. The first-order chi connectivity index (χ1) is 14.6. The van der Waals surface area contributed by atoms with Gasteiger partial charge in [-0.05, 0) is 36.1 Å². The summed E-state index contributed by atoms with van der Waals surface area (Å²) in [6.07, 6.45) is 12.6. The Kier molecular flexibility index (Phi) is 6.26. The quantitative estimate of drug-likeness (QED) is 0.524. The van der Waals surface area contributed by atoms with Crippen molar-refractivity contribution >= 4 is 29.1 Å². The van der Waals surface area contributed by atoms with Gasteiger partial charge in [0.25, 0.3) is 5.91 Å². The van der Waals surface area contributed by atoms with E-state index in [1.54, 1.807) is 24.5 Å². The molecule has 0 aromatic heterocycles. The molecule has 2 aromatic rings. The lowest BCUT2D eigenvalue weighted by molar-refractivity contribution is 0.0855. The highest BCUT2D eigenvalue weighted by Gasteiger charge is 2.21. The Morgan fingerprint density at radius 1 is 1.13 bits per heavy atom. The molecule has 0 N–H and O–H groups in total. The summed E-state index contributed by atoms with van der Waals surface area (Å²) < 4.78 is 11.4. The fourth-order valence-corrected chi connectivity index (χ4v) is 3.76. The number of hydrogen-bond donors (Lipinski definition) is 0. The van der Waals surface area contributed by atoms with Crippen LogP contribution in [0.25, 0.3) is 0 Å². The number of carbonyl (C=O) groups is 1. The molecule has 0 radical (unpaired) electrons. The Bertz CT molecular complexity index is 1050. The van der Waals surface area contributed by atoms with Crippen LogP contribution in [0.4, 0.5) is 0 Å². The molecular weight excluding hydrogens is 421 g/mol. The third-order valence-corrected chi connectivity index (χ3v) is 5.27. The van der Waals surface area contributed by atoms with Gasteiger partial charge < -0.3 is 9.47 Å². The van der Waals surface area contributed by atoms with Gasteiger partial charge in [-0.2, -0.15) is 0 Å². The molecule has 0 spiro atoms. The van der Waals surface area contributed by atoms with E-state index in [1.165, 1.54) is 11.2 Å². The van der Waals surface area contributed by atoms with Crippen LogP contribution in [0.2, 0.25) is 10.0 Å². The SMILES string of the molecule is O=C(c1cc(Cl)c(OCc2ccccc2)c(Cl)c1)N1C=COC(C2=CC=CCC2)=C1. The van der Waals surface area contributed by atoms with Crippen molar-refractivity contribution in [1.29, 1.82) is 0 Å². The highest BCUT2D eigenvalue weighted by molar-refractivity contribution is 6.37. The van der Waals surface area contributed by atoms with Crippen LogP contribution in [0.3, 0.4) is 0 Å². The summed E-state index contributed by atoms with van der Waals surface area (Å²) in [6.45, 7) is 0.329. The van der Waals surface area contributed by atoms with E-state index < -0.39 is 0 Å². The van der Waals surface area contributed by atoms with E-state index in [2.05, 4.69) is 6.08 Å². The third-order valence-electron chi connectivity index (χ3n) is 4.71. The average Bonchev–Trinajstić information content (AvgIpc) is 2.79. The molecule has 0 saturated carbocycles. The van der Waals surface area contributed by atoms with E-state index in [0.29, 0.717) is 23.7 Å². The van der Waals surface area contributed by atoms with Gasteiger partial charge in [0.15, 0.2) is 5.75 Å². The van der Waals surface area contributed by atoms with Crippen molar-refractivity contribution in [3.8, 4) is 5.75 Å². The maximum Gasteiger partial charge on any atom is 0.262 e. The minimum atomic E-state index is -0.266. The van der Waals surface area contributed by atoms with Gasteiger partial charge in [0.2, 0.25) is 0 Å². The molecule has 0 fully saturated rings. The molecule has 0 bridgehead atoms. The van der Waals surface area contributed by atoms with Crippen LogP contribution in [-0.2, 0) is 11.3 Å². The largest absolute Gasteiger partial charge is 0.486 e. The molecule has 6 heteroatoms. The Morgan fingerprint density at radius 2 is 1.90 bits per heavy atom. The molecule has 0 saturated heterocycles. The van der Waals surface area contributed by atoms with Crippen molar-refractivity contribution in [1.82, 2.24) is 4.90 Å². The minimum Gasteiger partial charge on any atom is -0.486 e. The summed E-state index contributed by atoms with van der Waals surface area (Å²) in [5, 5.41) is 0.562. The van der Waals surface area contributed by atoms with E-state index in [1.807, 2.05) is 42.5 Å². The second-order valence-electron chi connectivity index (χ2n) is 6.81. The van der Waals surface area contributed by atoms with E-state index in [-0.39, 0.29) is 16.0 Å². The lowest BCUT2D eigenvalue weighted by atomic mass is 10.0. The fraction of sp³-hybridized carbons (Fsp3) is 0.125. The summed E-state index contributed by atoms with van der Waals surface area (Å²) in [4.78, 5) is 14.5. The summed E-state index contributed by atoms with van der Waals surface area (Å²) in [6, 6.07) is 12.8. The van der Waals surface area contributed by atoms with Crippen molar-refractivity contribution in [2.45, 2.75) is 19.4 Å². The number of rotatable bonds is 5. The zero-order chi connectivity index (χ0) is 20.9. The van der Waals surface area contributed by atoms with Crippen LogP contribution in [-0.4, -0.2) is 10.8 Å². The van der Waals surface area contributed by atoms with Gasteiger partial charge in [0, 0.05) is 11.8 Å². The first kappa shape index (κ1) is 20.3. The normalized spacial score (nSPS) is 15.3. The van der Waals surface area contributed by atoms with Crippen LogP contribution >= 0.6 is 23.2 Å². The Hall–Kier alpha value is -2.95. The molecule has 152 valence electrons. The van der Waals surface area contributed by atoms with Crippen LogP contribution in [0.1, 0.15) is 28.8 Å². The maximum atomic E-state index is 13.0. The van der Waals surface area contributed by atoms with Gasteiger partial charge in [-0.25, -0.2) is 0 Å². The van der Waals surface area contributed by atoms with Crippen molar-refractivity contribution < 1.29 is 14.3 Å². The van der Waals surface area contributed by atoms with Gasteiger partial charge in [0.1, 0.15) is 18.6 Å². The minimum absolute atomic E-state index is 0.266. The van der Waals surface area contributed by atoms with Crippen molar-refractivity contribution in [3.63, 3.8) is 0 Å². The molecule has 1 amide bonds. The average molecular weight is 440 g/mol. The number of benzene rings is 2. The zero-order valence-electron chi connectivity index (χ0n) is 16.1. The fourth-order valence-electron chi connectivity index (χ4n) is 3.16. The van der Waals surface area contributed by atoms with Gasteiger partial charge >= 0.3 is 0 Å². The number of carbonyl (C=O) groups excluding carboxylic acids is 1. The molecule has 30 heavy (non-hydrogen) atoms. The van der Waals surface area contributed by atoms with E-state index >= 15 is 0 Å². The number of amides is 1. The Labute approximate surface area is 185 Å². The van der Waals surface area contributed by atoms with Gasteiger partial charge in [0.05, 0.1) is 16.2 Å². The summed E-state index contributed by atoms with van der Waals surface area (Å²) in [7, 11) is 0. The highest BCUT2D eigenvalue weighted by Crippen LogP contribution is 2.35. The third kappa shape index (κ3) is 4.61. The first-order valence-electron chi connectivity index (χ1n) is 9.51. The Balaban J connectivity index is 1.52. The zero-order valence-corrected chi connectivity index (χ0v) is 17.6. The first-order valence-corrected chi connectivity index (χ1v) is 10.3. The van der Waals surface area contributed by atoms with Crippen LogP contribution < -0.4 is 4.74 Å². The number of allylic oxidation sites excluding steroid dienone is 4. The number of halogens is 2. The second kappa shape index (κ2) is 9.24. The van der Waals surface area contributed by atoms with E-state index in [0.717, 1.165) is 24.0 Å². The van der Waals surface area contributed by atoms with Crippen molar-refractivity contribution in [2.24, 2.45) is 0 Å². The monoisotopic (exact) mass is 439 g/mol. The van der Waals surface area contributed by atoms with Gasteiger partial charge in [-0.1, -0.05) is 71.8 Å². The molecule has 0 atom stereocenters. The Morgan fingerprint density at radius 3 is 2.60 bits per heavy atom. The molecule has 1 aliphatic heterocycles. The number of hydrogen-bond acceptors (Lipinski definition) is 3. The molecule has 4 rings (SSSR count). The molecular formula is C24H19Cl2NO3. The topological polar surface area (TPSA) is 38.8 Å². The van der Waals surface area contributed by atoms with Gasteiger partial charge in [-0.3, -0.25) is 9.69 Å². The standard InChI is InChI=1S/C24H19Cl2NO3/c25-20-13-19(14-21(26)23(20)30-16-17-7-3-1-4-8-17)24(28)27-11-12-29-22(15-27)18-9-5-2-6-10-18/h1-5,7-9,11-15H,6,10,16H2. The predicted molar refractivity (Wildman–Crippen MR) is 118 cm³/mol. The number of ether oxygens (including phenoxy) is 2. The van der Waals surface area contributed by atoms with E-state index in [9.17, 15) is 4.79 Å². The lowest BCUT2D eigenvalue weighted by Gasteiger charge is -2.22. The summed E-state index contributed by atoms with van der Waals surface area (Å²) in [5.41, 5.74) is 2.39. The van der Waals surface area contributed by atoms with Crippen LogP contribution in [0.5, 0.6) is 5.75 Å². The van der Waals surface area contributed by atoms with Crippen LogP contribution in [0.15, 0.2) is 90.7 Å². The summed E-state index contributed by atoms with van der Waals surface area (Å²) in [5.74, 6) is 0.735. The highest BCUT2D eigenvalue weighted by atomic mass is 35.5. The van der Waals surface area contributed by atoms with Gasteiger partial charge in [-0.15, -0.1) is 0 Å². The van der Waals surface area contributed by atoms with Crippen LogP contribution in [0, 0.1) is 0 Å². The molecule has 4 nitrogen and oxygen atoms in total. The second-order valence-corrected chi connectivity index (χ2v) is 7.63. The van der Waals surface area contributed by atoms with Crippen molar-refractivity contribution in [2.75, 3.05) is 0 Å². The molecule has 1 heterocycles. The number of nitrogens with zero attached hydrogens (tertiary/aromatic N) is 1. The predicted octanol–water partition coefficient (Wildman–Crippen LogP) is 6.63.